The van der Waals surface area contributed by atoms with E-state index in [2.05, 4.69) is 4.90 Å². The molecule has 1 aliphatic rings. The molecule has 0 saturated heterocycles. The Morgan fingerprint density at radius 3 is 2.82 bits per heavy atom. The van der Waals surface area contributed by atoms with E-state index in [1.807, 2.05) is 19.2 Å². The predicted molar refractivity (Wildman–Crippen MR) is 69.3 cm³/mol. The lowest BCUT2D eigenvalue weighted by atomic mass is 10.1. The molecule has 1 atom stereocenters. The summed E-state index contributed by atoms with van der Waals surface area (Å²) >= 11 is 7.45. The van der Waals surface area contributed by atoms with Crippen molar-refractivity contribution in [2.24, 2.45) is 5.92 Å². The van der Waals surface area contributed by atoms with Crippen LogP contribution < -0.4 is 0 Å². The lowest BCUT2D eigenvalue weighted by Crippen LogP contribution is -2.40. The van der Waals surface area contributed by atoms with Crippen molar-refractivity contribution in [3.05, 3.63) is 21.3 Å². The number of hydrogen-bond acceptors (Lipinski definition) is 4. The summed E-state index contributed by atoms with van der Waals surface area (Å²) in [5.41, 5.74) is 0. The molecule has 2 rings (SSSR count). The molecule has 3 nitrogen and oxygen atoms in total. The van der Waals surface area contributed by atoms with Gasteiger partial charge in [0.2, 0.25) is 0 Å². The van der Waals surface area contributed by atoms with Crippen molar-refractivity contribution in [3.8, 4) is 0 Å². The van der Waals surface area contributed by atoms with E-state index < -0.39 is 0 Å². The third-order valence-electron chi connectivity index (χ3n) is 3.02. The first-order valence-corrected chi connectivity index (χ1v) is 6.83. The number of methoxy groups -OCH3 is 1. The highest BCUT2D eigenvalue weighted by Gasteiger charge is 2.39. The van der Waals surface area contributed by atoms with Gasteiger partial charge in [-0.3, -0.25) is 9.69 Å². The van der Waals surface area contributed by atoms with Crippen molar-refractivity contribution in [3.63, 3.8) is 0 Å². The number of rotatable bonds is 5. The summed E-state index contributed by atoms with van der Waals surface area (Å²) in [6.45, 7) is 0.744. The highest BCUT2D eigenvalue weighted by molar-refractivity contribution is 7.16. The Labute approximate surface area is 110 Å². The van der Waals surface area contributed by atoms with Crippen LogP contribution in [0.3, 0.4) is 0 Å². The molecule has 1 heterocycles. The fraction of sp³-hybridized carbons (Fsp3) is 0.583. The van der Waals surface area contributed by atoms with Crippen molar-refractivity contribution in [2.45, 2.75) is 25.4 Å². The SMILES string of the molecule is COC(=O)C(C1CC1)N(C)Cc1ccc(Cl)s1. The third kappa shape index (κ3) is 3.21. The summed E-state index contributed by atoms with van der Waals surface area (Å²) in [7, 11) is 3.42. The molecule has 0 N–H and O–H groups in total. The number of carbonyl (C=O) groups is 1. The molecule has 0 amide bonds. The van der Waals surface area contributed by atoms with Crippen LogP contribution in [-0.2, 0) is 16.1 Å². The van der Waals surface area contributed by atoms with Crippen LogP contribution in [0.15, 0.2) is 12.1 Å². The molecule has 94 valence electrons. The maximum absolute atomic E-state index is 11.7. The second kappa shape index (κ2) is 5.38. The first-order chi connectivity index (χ1) is 8.11. The van der Waals surface area contributed by atoms with E-state index in [-0.39, 0.29) is 12.0 Å². The van der Waals surface area contributed by atoms with Gasteiger partial charge in [-0.05, 0) is 37.9 Å². The van der Waals surface area contributed by atoms with Gasteiger partial charge in [0.1, 0.15) is 6.04 Å². The van der Waals surface area contributed by atoms with Gasteiger partial charge in [-0.2, -0.15) is 0 Å². The molecule has 0 radical (unpaired) electrons. The topological polar surface area (TPSA) is 29.5 Å². The number of carbonyl (C=O) groups excluding carboxylic acids is 1. The fourth-order valence-electron chi connectivity index (χ4n) is 2.05. The molecule has 1 fully saturated rings. The largest absolute Gasteiger partial charge is 0.468 e. The van der Waals surface area contributed by atoms with E-state index in [9.17, 15) is 4.79 Å². The van der Waals surface area contributed by atoms with Crippen LogP contribution in [0.4, 0.5) is 0 Å². The minimum absolute atomic E-state index is 0.110. The second-order valence-electron chi connectivity index (χ2n) is 4.43. The van der Waals surface area contributed by atoms with Gasteiger partial charge in [-0.25, -0.2) is 0 Å². The van der Waals surface area contributed by atoms with Crippen molar-refractivity contribution < 1.29 is 9.53 Å². The highest BCUT2D eigenvalue weighted by Crippen LogP contribution is 2.36. The van der Waals surface area contributed by atoms with Gasteiger partial charge in [-0.1, -0.05) is 11.6 Å². The molecule has 5 heteroatoms. The summed E-state index contributed by atoms with van der Waals surface area (Å²) in [4.78, 5) is 15.0. The summed E-state index contributed by atoms with van der Waals surface area (Å²) in [5.74, 6) is 0.334. The number of nitrogens with zero attached hydrogens (tertiary/aromatic N) is 1. The molecule has 0 aromatic carbocycles. The van der Waals surface area contributed by atoms with Crippen LogP contribution in [0.5, 0.6) is 0 Å². The van der Waals surface area contributed by atoms with Gasteiger partial charge < -0.3 is 4.74 Å². The maximum Gasteiger partial charge on any atom is 0.323 e. The normalized spacial score (nSPS) is 17.2. The number of halogens is 1. The van der Waals surface area contributed by atoms with Gasteiger partial charge >= 0.3 is 5.97 Å². The monoisotopic (exact) mass is 273 g/mol. The van der Waals surface area contributed by atoms with Crippen molar-refractivity contribution in [2.75, 3.05) is 14.2 Å². The number of thiophene rings is 1. The van der Waals surface area contributed by atoms with Gasteiger partial charge in [0, 0.05) is 11.4 Å². The summed E-state index contributed by atoms with van der Waals surface area (Å²) in [5, 5.41) is 0. The minimum atomic E-state index is -0.127. The smallest absolute Gasteiger partial charge is 0.323 e. The summed E-state index contributed by atoms with van der Waals surface area (Å²) in [6.07, 6.45) is 2.24. The number of likely N-dealkylation sites (N-methyl/N-ethyl adjacent to an activating group) is 1. The molecular weight excluding hydrogens is 258 g/mol. The first kappa shape index (κ1) is 12.9. The third-order valence-corrected chi connectivity index (χ3v) is 4.24. The van der Waals surface area contributed by atoms with Crippen LogP contribution >= 0.6 is 22.9 Å². The average Bonchev–Trinajstić information content (AvgIpc) is 3.03. The van der Waals surface area contributed by atoms with E-state index in [1.165, 1.54) is 12.0 Å². The zero-order chi connectivity index (χ0) is 12.4. The maximum atomic E-state index is 11.7. The highest BCUT2D eigenvalue weighted by atomic mass is 35.5. The molecule has 0 spiro atoms. The van der Waals surface area contributed by atoms with Gasteiger partial charge in [0.05, 0.1) is 11.4 Å². The van der Waals surface area contributed by atoms with Crippen molar-refractivity contribution in [1.29, 1.82) is 0 Å². The van der Waals surface area contributed by atoms with Gasteiger partial charge in [-0.15, -0.1) is 11.3 Å². The van der Waals surface area contributed by atoms with Crippen LogP contribution in [0.1, 0.15) is 17.7 Å². The lowest BCUT2D eigenvalue weighted by Gasteiger charge is -2.25. The predicted octanol–water partition coefficient (Wildman–Crippen LogP) is 2.78. The summed E-state index contributed by atoms with van der Waals surface area (Å²) < 4.78 is 5.66. The average molecular weight is 274 g/mol. The Morgan fingerprint density at radius 2 is 2.35 bits per heavy atom. The van der Waals surface area contributed by atoms with Gasteiger partial charge in [0.15, 0.2) is 0 Å². The zero-order valence-corrected chi connectivity index (χ0v) is 11.6. The lowest BCUT2D eigenvalue weighted by molar-refractivity contribution is -0.147. The van der Waals surface area contributed by atoms with Crippen LogP contribution in [-0.4, -0.2) is 31.1 Å². The molecule has 17 heavy (non-hydrogen) atoms. The molecule has 0 aliphatic heterocycles. The molecule has 1 unspecified atom stereocenters. The Balaban J connectivity index is 2.01. The van der Waals surface area contributed by atoms with E-state index >= 15 is 0 Å². The Kier molecular flexibility index (Phi) is 4.07. The molecule has 1 aromatic rings. The van der Waals surface area contributed by atoms with E-state index in [1.54, 1.807) is 11.3 Å². The molecule has 1 saturated carbocycles. The van der Waals surface area contributed by atoms with Crippen LogP contribution in [0.25, 0.3) is 0 Å². The molecular formula is C12H16ClNO2S. The second-order valence-corrected chi connectivity index (χ2v) is 6.23. The zero-order valence-electron chi connectivity index (χ0n) is 9.98. The Hall–Kier alpha value is -0.580. The number of esters is 1. The van der Waals surface area contributed by atoms with E-state index in [4.69, 9.17) is 16.3 Å². The molecule has 0 bridgehead atoms. The van der Waals surface area contributed by atoms with E-state index in [0.717, 1.165) is 23.7 Å². The minimum Gasteiger partial charge on any atom is -0.468 e. The fourth-order valence-corrected chi connectivity index (χ4v) is 3.20. The van der Waals surface area contributed by atoms with E-state index in [0.29, 0.717) is 5.92 Å². The number of ether oxygens (including phenoxy) is 1. The Bertz CT molecular complexity index is 403. The molecule has 1 aromatic heterocycles. The van der Waals surface area contributed by atoms with Gasteiger partial charge in [0.25, 0.3) is 0 Å². The standard InChI is InChI=1S/C12H16ClNO2S/c1-14(7-9-5-6-10(13)17-9)11(8-3-4-8)12(15)16-2/h5-6,8,11H,3-4,7H2,1-2H3. The Morgan fingerprint density at radius 1 is 1.65 bits per heavy atom. The van der Waals surface area contributed by atoms with Crippen LogP contribution in [0.2, 0.25) is 4.34 Å². The van der Waals surface area contributed by atoms with Crippen molar-refractivity contribution in [1.82, 2.24) is 4.90 Å². The number of hydrogen-bond donors (Lipinski definition) is 0. The quantitative estimate of drug-likeness (QED) is 0.773. The molecule has 1 aliphatic carbocycles. The van der Waals surface area contributed by atoms with Crippen LogP contribution in [0, 0.1) is 5.92 Å². The summed E-state index contributed by atoms with van der Waals surface area (Å²) in [6, 6.07) is 3.78. The van der Waals surface area contributed by atoms with Crippen molar-refractivity contribution >= 4 is 28.9 Å². The first-order valence-electron chi connectivity index (χ1n) is 5.64.